The van der Waals surface area contributed by atoms with Gasteiger partial charge in [-0.25, -0.2) is 12.8 Å². The molecule has 1 atom stereocenters. The lowest BCUT2D eigenvalue weighted by Crippen LogP contribution is -2.53. The van der Waals surface area contributed by atoms with E-state index in [2.05, 4.69) is 5.32 Å². The molecule has 3 aromatic carbocycles. The molecule has 40 heavy (non-hydrogen) atoms. The number of anilines is 1. The maximum atomic E-state index is 14.8. The molecule has 0 aliphatic heterocycles. The highest BCUT2D eigenvalue weighted by atomic mass is 35.5. The molecule has 214 valence electrons. The molecule has 3 rings (SSSR count). The van der Waals surface area contributed by atoms with Crippen LogP contribution in [0, 0.1) is 12.7 Å². The number of nitrogens with zero attached hydrogens (tertiary/aromatic N) is 2. The highest BCUT2D eigenvalue weighted by molar-refractivity contribution is 7.92. The number of sulfonamides is 1. The van der Waals surface area contributed by atoms with Crippen LogP contribution in [0.4, 0.5) is 10.1 Å². The maximum absolute atomic E-state index is 14.8. The number of amides is 2. The topological polar surface area (TPSA) is 86.8 Å². The number of carbonyl (C=O) groups is 2. The number of benzene rings is 3. The Bertz CT molecular complexity index is 1420. The van der Waals surface area contributed by atoms with Gasteiger partial charge in [0, 0.05) is 30.1 Å². The largest absolute Gasteiger partial charge is 0.354 e. The van der Waals surface area contributed by atoms with E-state index >= 15 is 0 Å². The van der Waals surface area contributed by atoms with Gasteiger partial charge in [0.15, 0.2) is 0 Å². The first-order valence-corrected chi connectivity index (χ1v) is 15.3. The van der Waals surface area contributed by atoms with Gasteiger partial charge in [0.2, 0.25) is 21.8 Å². The Morgan fingerprint density at radius 1 is 1.00 bits per heavy atom. The highest BCUT2D eigenvalue weighted by Crippen LogP contribution is 2.28. The Kier molecular flexibility index (Phi) is 11.1. The fraction of sp³-hybridized carbons (Fsp3) is 0.333. The zero-order valence-corrected chi connectivity index (χ0v) is 24.5. The Morgan fingerprint density at radius 3 is 2.33 bits per heavy atom. The standard InChI is InChI=1S/C30H35ClFN3O4S/c1-4-5-18-33-30(37)28(19-23-12-7-6-8-13-23)34(20-24-14-9-10-16-26(24)32)29(36)21-35(40(3,38)39)27-17-11-15-25(31)22(27)2/h6-17,28H,4-5,18-21H2,1-3H3,(H,33,37)/t28-/m1/s1. The van der Waals surface area contributed by atoms with Gasteiger partial charge in [0.1, 0.15) is 18.4 Å². The summed E-state index contributed by atoms with van der Waals surface area (Å²) in [4.78, 5) is 28.9. The summed E-state index contributed by atoms with van der Waals surface area (Å²) in [5.74, 6) is -1.58. The number of nitrogens with one attached hydrogen (secondary N) is 1. The number of unbranched alkanes of at least 4 members (excludes halogenated alkanes) is 1. The summed E-state index contributed by atoms with van der Waals surface area (Å²) in [5.41, 5.74) is 1.75. The first-order valence-electron chi connectivity index (χ1n) is 13.1. The molecule has 0 aliphatic rings. The highest BCUT2D eigenvalue weighted by Gasteiger charge is 2.33. The molecular weight excluding hydrogens is 553 g/mol. The van der Waals surface area contributed by atoms with Crippen molar-refractivity contribution in [3.8, 4) is 0 Å². The fourth-order valence-electron chi connectivity index (χ4n) is 4.33. The molecule has 0 heterocycles. The van der Waals surface area contributed by atoms with Crippen molar-refractivity contribution >= 4 is 39.1 Å². The molecule has 0 saturated carbocycles. The first-order chi connectivity index (χ1) is 19.0. The van der Waals surface area contributed by atoms with Crippen molar-refractivity contribution < 1.29 is 22.4 Å². The normalized spacial score (nSPS) is 12.0. The SMILES string of the molecule is CCCCNC(=O)[C@@H](Cc1ccccc1)N(Cc1ccccc1F)C(=O)CN(c1cccc(Cl)c1C)S(C)(=O)=O. The number of hydrogen-bond acceptors (Lipinski definition) is 4. The monoisotopic (exact) mass is 587 g/mol. The van der Waals surface area contributed by atoms with Crippen molar-refractivity contribution in [3.05, 3.63) is 100 Å². The molecule has 0 saturated heterocycles. The molecule has 0 bridgehead atoms. The molecule has 0 fully saturated rings. The predicted octanol–water partition coefficient (Wildman–Crippen LogP) is 5.11. The summed E-state index contributed by atoms with van der Waals surface area (Å²) in [7, 11) is -3.94. The van der Waals surface area contributed by atoms with Gasteiger partial charge in [0.05, 0.1) is 11.9 Å². The summed E-state index contributed by atoms with van der Waals surface area (Å²) in [6.45, 7) is 3.26. The summed E-state index contributed by atoms with van der Waals surface area (Å²) in [6, 6.07) is 19.0. The number of carbonyl (C=O) groups excluding carboxylic acids is 2. The van der Waals surface area contributed by atoms with Crippen LogP contribution in [-0.4, -0.2) is 50.5 Å². The maximum Gasteiger partial charge on any atom is 0.244 e. The van der Waals surface area contributed by atoms with Gasteiger partial charge in [-0.15, -0.1) is 0 Å². The molecule has 0 spiro atoms. The van der Waals surface area contributed by atoms with E-state index < -0.39 is 40.2 Å². The summed E-state index contributed by atoms with van der Waals surface area (Å²) in [6.07, 6.45) is 2.78. The van der Waals surface area contributed by atoms with Crippen molar-refractivity contribution in [1.29, 1.82) is 0 Å². The van der Waals surface area contributed by atoms with Gasteiger partial charge in [-0.05, 0) is 42.7 Å². The molecule has 0 aromatic heterocycles. The minimum absolute atomic E-state index is 0.161. The van der Waals surface area contributed by atoms with E-state index in [9.17, 15) is 22.4 Å². The van der Waals surface area contributed by atoms with E-state index in [0.29, 0.717) is 17.1 Å². The third-order valence-corrected chi connectivity index (χ3v) is 8.12. The zero-order chi connectivity index (χ0) is 29.3. The molecule has 0 aliphatic carbocycles. The molecular formula is C30H35ClFN3O4S. The first kappa shape index (κ1) is 31.1. The number of rotatable bonds is 13. The lowest BCUT2D eigenvalue weighted by atomic mass is 10.0. The van der Waals surface area contributed by atoms with Gasteiger partial charge in [-0.1, -0.05) is 79.5 Å². The summed E-state index contributed by atoms with van der Waals surface area (Å²) in [5, 5.41) is 3.24. The molecule has 1 N–H and O–H groups in total. The van der Waals surface area contributed by atoms with Crippen molar-refractivity contribution in [2.24, 2.45) is 0 Å². The van der Waals surface area contributed by atoms with Crippen LogP contribution >= 0.6 is 11.6 Å². The second-order valence-electron chi connectivity index (χ2n) is 9.62. The molecule has 2 amide bonds. The van der Waals surface area contributed by atoms with Gasteiger partial charge in [-0.3, -0.25) is 13.9 Å². The van der Waals surface area contributed by atoms with Crippen LogP contribution in [0.1, 0.15) is 36.5 Å². The summed E-state index contributed by atoms with van der Waals surface area (Å²) >= 11 is 6.26. The lowest BCUT2D eigenvalue weighted by Gasteiger charge is -2.34. The van der Waals surface area contributed by atoms with Crippen molar-refractivity contribution in [2.45, 2.75) is 45.7 Å². The molecule has 0 radical (unpaired) electrons. The van der Waals surface area contributed by atoms with Gasteiger partial charge in [0.25, 0.3) is 0 Å². The van der Waals surface area contributed by atoms with E-state index in [1.165, 1.54) is 17.0 Å². The Hall–Kier alpha value is -3.43. The minimum atomic E-state index is -3.94. The predicted molar refractivity (Wildman–Crippen MR) is 157 cm³/mol. The molecule has 7 nitrogen and oxygen atoms in total. The van der Waals surface area contributed by atoms with Crippen LogP contribution in [0.5, 0.6) is 0 Å². The van der Waals surface area contributed by atoms with Crippen molar-refractivity contribution in [2.75, 3.05) is 23.7 Å². The van der Waals surface area contributed by atoms with E-state index in [0.717, 1.165) is 29.0 Å². The van der Waals surface area contributed by atoms with E-state index in [4.69, 9.17) is 11.6 Å². The zero-order valence-electron chi connectivity index (χ0n) is 22.9. The molecule has 3 aromatic rings. The average molecular weight is 588 g/mol. The van der Waals surface area contributed by atoms with Crippen molar-refractivity contribution in [3.63, 3.8) is 0 Å². The fourth-order valence-corrected chi connectivity index (χ4v) is 5.40. The third-order valence-electron chi connectivity index (χ3n) is 6.59. The van der Waals surface area contributed by atoms with Crippen LogP contribution in [0.3, 0.4) is 0 Å². The minimum Gasteiger partial charge on any atom is -0.354 e. The van der Waals surface area contributed by atoms with Gasteiger partial charge >= 0.3 is 0 Å². The van der Waals surface area contributed by atoms with Crippen LogP contribution in [-0.2, 0) is 32.6 Å². The van der Waals surface area contributed by atoms with Crippen LogP contribution < -0.4 is 9.62 Å². The number of halogens is 2. The van der Waals surface area contributed by atoms with Crippen LogP contribution in [0.2, 0.25) is 5.02 Å². The Morgan fingerprint density at radius 2 is 1.68 bits per heavy atom. The van der Waals surface area contributed by atoms with Gasteiger partial charge < -0.3 is 10.2 Å². The third kappa shape index (κ3) is 8.29. The second kappa shape index (κ2) is 14.3. The van der Waals surface area contributed by atoms with E-state index in [-0.39, 0.29) is 24.2 Å². The average Bonchev–Trinajstić information content (AvgIpc) is 2.92. The summed E-state index contributed by atoms with van der Waals surface area (Å²) < 4.78 is 41.6. The van der Waals surface area contributed by atoms with Crippen LogP contribution in [0.25, 0.3) is 0 Å². The van der Waals surface area contributed by atoms with Gasteiger partial charge in [-0.2, -0.15) is 0 Å². The van der Waals surface area contributed by atoms with Crippen molar-refractivity contribution in [1.82, 2.24) is 10.2 Å². The molecule has 10 heteroatoms. The Balaban J connectivity index is 2.07. The number of hydrogen-bond donors (Lipinski definition) is 1. The Labute approximate surface area is 241 Å². The van der Waals surface area contributed by atoms with Crippen LogP contribution in [0.15, 0.2) is 72.8 Å². The quantitative estimate of drug-likeness (QED) is 0.282. The van der Waals surface area contributed by atoms with E-state index in [1.807, 2.05) is 37.3 Å². The molecule has 0 unspecified atom stereocenters. The van der Waals surface area contributed by atoms with E-state index in [1.54, 1.807) is 37.3 Å². The second-order valence-corrected chi connectivity index (χ2v) is 11.9. The smallest absolute Gasteiger partial charge is 0.244 e. The lowest BCUT2D eigenvalue weighted by molar-refractivity contribution is -0.140.